The van der Waals surface area contributed by atoms with Crippen molar-refractivity contribution in [3.05, 3.63) is 92.8 Å². The van der Waals surface area contributed by atoms with Gasteiger partial charge in [0.1, 0.15) is 29.1 Å². The summed E-state index contributed by atoms with van der Waals surface area (Å²) in [5.41, 5.74) is 2.90. The summed E-state index contributed by atoms with van der Waals surface area (Å²) >= 11 is 6.21. The molecule has 0 spiro atoms. The third kappa shape index (κ3) is 6.07. The fourth-order valence-electron chi connectivity index (χ4n) is 3.73. The van der Waals surface area contributed by atoms with Crippen molar-refractivity contribution in [1.29, 1.82) is 0 Å². The highest BCUT2D eigenvalue weighted by Crippen LogP contribution is 2.29. The molecule has 4 rings (SSSR count). The summed E-state index contributed by atoms with van der Waals surface area (Å²) in [4.78, 5) is 25.1. The monoisotopic (exact) mass is 506 g/mol. The van der Waals surface area contributed by atoms with Gasteiger partial charge in [0.25, 0.3) is 0 Å². The Morgan fingerprint density at radius 1 is 0.944 bits per heavy atom. The Balaban J connectivity index is 1.35. The number of hydrogen-bond donors (Lipinski definition) is 0. The van der Waals surface area contributed by atoms with Crippen molar-refractivity contribution in [3.63, 3.8) is 0 Å². The number of hydrogen-bond acceptors (Lipinski definition) is 6. The van der Waals surface area contributed by atoms with Crippen LogP contribution in [0.1, 0.15) is 36.5 Å². The largest absolute Gasteiger partial charge is 0.494 e. The second-order valence-electron chi connectivity index (χ2n) is 8.48. The summed E-state index contributed by atoms with van der Waals surface area (Å²) < 4.78 is 22.5. The van der Waals surface area contributed by atoms with Crippen molar-refractivity contribution >= 4 is 28.5 Å². The molecule has 0 saturated heterocycles. The molecular formula is C29H27ClO6. The van der Waals surface area contributed by atoms with Gasteiger partial charge in [-0.05, 0) is 79.8 Å². The predicted octanol–water partition coefficient (Wildman–Crippen LogP) is 7.18. The smallest absolute Gasteiger partial charge is 0.311 e. The Morgan fingerprint density at radius 2 is 1.64 bits per heavy atom. The number of carbonyl (C=O) groups is 1. The molecule has 0 aliphatic heterocycles. The van der Waals surface area contributed by atoms with E-state index in [9.17, 15) is 9.59 Å². The molecule has 0 fully saturated rings. The van der Waals surface area contributed by atoms with Gasteiger partial charge in [0, 0.05) is 17.5 Å². The third-order valence-electron chi connectivity index (χ3n) is 5.71. The maximum atomic E-state index is 12.9. The summed E-state index contributed by atoms with van der Waals surface area (Å²) in [6, 6.07) is 16.0. The maximum absolute atomic E-state index is 12.9. The van der Waals surface area contributed by atoms with Crippen LogP contribution < -0.4 is 19.6 Å². The number of halogens is 1. The fraction of sp³-hybridized carbons (Fsp3) is 0.241. The molecule has 3 aromatic carbocycles. The molecule has 0 aliphatic carbocycles. The van der Waals surface area contributed by atoms with Crippen LogP contribution in [0.15, 0.2) is 70.1 Å². The molecule has 0 radical (unpaired) electrons. The van der Waals surface area contributed by atoms with E-state index in [1.54, 1.807) is 24.3 Å². The Bertz CT molecular complexity index is 1420. The number of ether oxygens (including phenoxy) is 3. The van der Waals surface area contributed by atoms with Gasteiger partial charge in [-0.1, -0.05) is 30.7 Å². The van der Waals surface area contributed by atoms with Crippen LogP contribution in [0.5, 0.6) is 23.0 Å². The van der Waals surface area contributed by atoms with E-state index in [2.05, 4.69) is 6.92 Å². The molecule has 36 heavy (non-hydrogen) atoms. The van der Waals surface area contributed by atoms with Crippen LogP contribution in [0.3, 0.4) is 0 Å². The quantitative estimate of drug-likeness (QED) is 0.136. The highest BCUT2D eigenvalue weighted by Gasteiger charge is 2.13. The zero-order valence-electron chi connectivity index (χ0n) is 20.4. The zero-order valence-corrected chi connectivity index (χ0v) is 21.2. The van der Waals surface area contributed by atoms with Crippen LogP contribution in [0.2, 0.25) is 5.02 Å². The van der Waals surface area contributed by atoms with Crippen LogP contribution in [0, 0.1) is 13.8 Å². The van der Waals surface area contributed by atoms with E-state index < -0.39 is 5.97 Å². The number of fused-ring (bicyclic) bond motifs is 1. The van der Waals surface area contributed by atoms with Gasteiger partial charge in [0.2, 0.25) is 11.2 Å². The van der Waals surface area contributed by atoms with Gasteiger partial charge in [0.15, 0.2) is 0 Å². The number of esters is 1. The molecule has 6 nitrogen and oxygen atoms in total. The van der Waals surface area contributed by atoms with Gasteiger partial charge in [-0.15, -0.1) is 0 Å². The van der Waals surface area contributed by atoms with Gasteiger partial charge in [-0.2, -0.15) is 0 Å². The van der Waals surface area contributed by atoms with Gasteiger partial charge < -0.3 is 18.6 Å². The van der Waals surface area contributed by atoms with Gasteiger partial charge in [0.05, 0.1) is 12.0 Å². The molecule has 0 unspecified atom stereocenters. The van der Waals surface area contributed by atoms with E-state index in [1.807, 2.05) is 38.1 Å². The lowest BCUT2D eigenvalue weighted by Gasteiger charge is -2.10. The highest BCUT2D eigenvalue weighted by molar-refractivity contribution is 6.32. The Kier molecular flexibility index (Phi) is 7.96. The first kappa shape index (κ1) is 25.3. The topological polar surface area (TPSA) is 75.0 Å². The molecular weight excluding hydrogens is 480 g/mol. The predicted molar refractivity (Wildman–Crippen MR) is 140 cm³/mol. The lowest BCUT2D eigenvalue weighted by atomic mass is 10.1. The van der Waals surface area contributed by atoms with E-state index >= 15 is 0 Å². The maximum Gasteiger partial charge on any atom is 0.311 e. The number of rotatable bonds is 9. The molecule has 1 aromatic heterocycles. The minimum Gasteiger partial charge on any atom is -0.494 e. The average Bonchev–Trinajstić information content (AvgIpc) is 2.87. The third-order valence-corrected chi connectivity index (χ3v) is 6.31. The summed E-state index contributed by atoms with van der Waals surface area (Å²) in [7, 11) is 0. The molecule has 1 heterocycles. The van der Waals surface area contributed by atoms with Crippen LogP contribution in [0.4, 0.5) is 0 Å². The molecule has 0 bridgehead atoms. The SMILES string of the molecule is CCc1ccc(OCCCC(=O)Oc2ccc3c(=O)c(Oc4cc(C)c(Cl)c(C)c4)coc3c2)cc1. The summed E-state index contributed by atoms with van der Waals surface area (Å²) in [6.07, 6.45) is 2.94. The van der Waals surface area contributed by atoms with Crippen molar-refractivity contribution < 1.29 is 23.4 Å². The van der Waals surface area contributed by atoms with Crippen molar-refractivity contribution in [1.82, 2.24) is 0 Å². The lowest BCUT2D eigenvalue weighted by Crippen LogP contribution is -2.10. The molecule has 0 N–H and O–H groups in total. The van der Waals surface area contributed by atoms with Crippen LogP contribution in [-0.2, 0) is 11.2 Å². The van der Waals surface area contributed by atoms with Crippen molar-refractivity contribution in [2.75, 3.05) is 6.61 Å². The lowest BCUT2D eigenvalue weighted by molar-refractivity contribution is -0.134. The summed E-state index contributed by atoms with van der Waals surface area (Å²) in [5, 5.41) is 0.974. The van der Waals surface area contributed by atoms with Crippen LogP contribution in [0.25, 0.3) is 11.0 Å². The van der Waals surface area contributed by atoms with E-state index in [0.29, 0.717) is 40.5 Å². The van der Waals surface area contributed by atoms with Gasteiger partial charge in [-0.25, -0.2) is 0 Å². The van der Waals surface area contributed by atoms with Crippen molar-refractivity contribution in [3.8, 4) is 23.0 Å². The fourth-order valence-corrected chi connectivity index (χ4v) is 3.84. The molecule has 7 heteroatoms. The summed E-state index contributed by atoms with van der Waals surface area (Å²) in [6.45, 7) is 6.24. The first-order chi connectivity index (χ1) is 17.3. The normalized spacial score (nSPS) is 10.9. The minimum atomic E-state index is -0.393. The minimum absolute atomic E-state index is 0.0534. The molecule has 0 atom stereocenters. The van der Waals surface area contributed by atoms with Crippen molar-refractivity contribution in [2.45, 2.75) is 40.0 Å². The molecule has 4 aromatic rings. The second-order valence-corrected chi connectivity index (χ2v) is 8.86. The number of benzene rings is 3. The Morgan fingerprint density at radius 3 is 2.33 bits per heavy atom. The van der Waals surface area contributed by atoms with Crippen LogP contribution >= 0.6 is 11.6 Å². The Labute approximate surface area is 214 Å². The van der Waals surface area contributed by atoms with E-state index in [4.69, 9.17) is 30.2 Å². The van der Waals surface area contributed by atoms with E-state index in [1.165, 1.54) is 17.9 Å². The van der Waals surface area contributed by atoms with E-state index in [0.717, 1.165) is 23.3 Å². The standard InChI is InChI=1S/C29H27ClO6/c1-4-20-7-9-21(10-8-20)33-13-5-6-27(31)36-22-11-12-24-25(16-22)34-17-26(29(24)32)35-23-14-18(2)28(30)19(3)15-23/h7-12,14-17H,4-6,13H2,1-3H3. The van der Waals surface area contributed by atoms with Gasteiger partial charge in [-0.3, -0.25) is 9.59 Å². The molecule has 0 saturated carbocycles. The highest BCUT2D eigenvalue weighted by atomic mass is 35.5. The molecule has 186 valence electrons. The zero-order chi connectivity index (χ0) is 25.7. The number of carbonyl (C=O) groups excluding carboxylic acids is 1. The number of aryl methyl sites for hydroxylation is 3. The summed E-state index contributed by atoms with van der Waals surface area (Å²) in [5.74, 6) is 1.22. The van der Waals surface area contributed by atoms with Crippen molar-refractivity contribution in [2.24, 2.45) is 0 Å². The van der Waals surface area contributed by atoms with Gasteiger partial charge >= 0.3 is 5.97 Å². The molecule has 0 aliphatic rings. The van der Waals surface area contributed by atoms with E-state index in [-0.39, 0.29) is 17.6 Å². The first-order valence-corrected chi connectivity index (χ1v) is 12.1. The Hall–Kier alpha value is -3.77. The average molecular weight is 507 g/mol. The van der Waals surface area contributed by atoms with Crippen LogP contribution in [-0.4, -0.2) is 12.6 Å². The first-order valence-electron chi connectivity index (χ1n) is 11.8. The molecule has 0 amide bonds. The second kappa shape index (κ2) is 11.3.